The maximum Gasteiger partial charge on any atom is 0.193 e. The number of aliphatic imine (C=N–C) groups is 1. The lowest BCUT2D eigenvalue weighted by atomic mass is 9.99. The summed E-state index contributed by atoms with van der Waals surface area (Å²) in [5, 5.41) is 8.02. The molecule has 1 saturated heterocycles. The second-order valence-corrected chi connectivity index (χ2v) is 6.96. The summed E-state index contributed by atoms with van der Waals surface area (Å²) in [6, 6.07) is 10.8. The number of hydrogen-bond acceptors (Lipinski definition) is 2. The molecule has 1 aliphatic rings. The molecule has 1 N–H and O–H groups in total. The van der Waals surface area contributed by atoms with Crippen molar-refractivity contribution in [3.63, 3.8) is 0 Å². The van der Waals surface area contributed by atoms with Crippen LogP contribution in [0.2, 0.25) is 0 Å². The highest BCUT2D eigenvalue weighted by molar-refractivity contribution is 14.0. The zero-order chi connectivity index (χ0) is 17.8. The Balaban J connectivity index is 0.00000243. The molecule has 1 aliphatic heterocycles. The van der Waals surface area contributed by atoms with Crippen LogP contribution in [-0.4, -0.2) is 40.8 Å². The summed E-state index contributed by atoms with van der Waals surface area (Å²) in [7, 11) is 3.87. The van der Waals surface area contributed by atoms with Crippen molar-refractivity contribution in [2.24, 2.45) is 18.0 Å². The second-order valence-electron chi connectivity index (χ2n) is 6.96. The molecule has 1 fully saturated rings. The van der Waals surface area contributed by atoms with Gasteiger partial charge in [0.2, 0.25) is 0 Å². The molecule has 0 spiro atoms. The molecule has 0 radical (unpaired) electrons. The maximum atomic E-state index is 4.50. The van der Waals surface area contributed by atoms with Crippen LogP contribution in [0.3, 0.4) is 0 Å². The highest BCUT2D eigenvalue weighted by atomic mass is 127. The second kappa shape index (κ2) is 9.39. The Labute approximate surface area is 173 Å². The summed E-state index contributed by atoms with van der Waals surface area (Å²) in [6.07, 6.45) is 2.37. The van der Waals surface area contributed by atoms with Crippen molar-refractivity contribution >= 4 is 29.9 Å². The number of nitrogens with zero attached hydrogens (tertiary/aromatic N) is 4. The van der Waals surface area contributed by atoms with Gasteiger partial charge in [-0.05, 0) is 38.2 Å². The third kappa shape index (κ3) is 4.78. The predicted octanol–water partition coefficient (Wildman–Crippen LogP) is 3.29. The molecule has 6 heteroatoms. The van der Waals surface area contributed by atoms with Gasteiger partial charge in [-0.2, -0.15) is 5.10 Å². The maximum absolute atomic E-state index is 4.50. The number of guanidine groups is 1. The average Bonchev–Trinajstić information content (AvgIpc) is 3.16. The normalized spacial score (nSPS) is 17.3. The number of benzene rings is 1. The van der Waals surface area contributed by atoms with Crippen molar-refractivity contribution in [3.05, 3.63) is 52.8 Å². The third-order valence-electron chi connectivity index (χ3n) is 5.25. The van der Waals surface area contributed by atoms with E-state index in [4.69, 9.17) is 0 Å². The van der Waals surface area contributed by atoms with E-state index in [-0.39, 0.29) is 24.0 Å². The standard InChI is InChI=1S/C20H29N5.HI/c1-15-19(16(2)24(4)23-15)13-22-20(21-3)25-11-10-18(14-25)12-17-8-6-5-7-9-17;/h5-9,18H,10-14H2,1-4H3,(H,21,22);1H. The lowest BCUT2D eigenvalue weighted by molar-refractivity contribution is 0.459. The zero-order valence-electron chi connectivity index (χ0n) is 16.2. The van der Waals surface area contributed by atoms with Crippen LogP contribution in [0.15, 0.2) is 35.3 Å². The Morgan fingerprint density at radius 2 is 2.00 bits per heavy atom. The molecule has 0 bridgehead atoms. The van der Waals surface area contributed by atoms with Gasteiger partial charge in [0, 0.05) is 45.0 Å². The van der Waals surface area contributed by atoms with Crippen LogP contribution < -0.4 is 5.32 Å². The van der Waals surface area contributed by atoms with E-state index in [0.29, 0.717) is 5.92 Å². The largest absolute Gasteiger partial charge is 0.352 e. The number of aryl methyl sites for hydroxylation is 2. The molecule has 26 heavy (non-hydrogen) atoms. The summed E-state index contributed by atoms with van der Waals surface area (Å²) in [6.45, 7) is 7.10. The van der Waals surface area contributed by atoms with E-state index in [2.05, 4.69) is 64.5 Å². The first-order valence-corrected chi connectivity index (χ1v) is 9.07. The molecule has 2 aromatic rings. The summed E-state index contributed by atoms with van der Waals surface area (Å²) in [5.74, 6) is 1.70. The zero-order valence-corrected chi connectivity index (χ0v) is 18.5. The number of likely N-dealkylation sites (tertiary alicyclic amines) is 1. The fourth-order valence-corrected chi connectivity index (χ4v) is 3.71. The van der Waals surface area contributed by atoms with Crippen molar-refractivity contribution in [1.29, 1.82) is 0 Å². The Morgan fingerprint density at radius 3 is 2.62 bits per heavy atom. The third-order valence-corrected chi connectivity index (χ3v) is 5.25. The fraction of sp³-hybridized carbons (Fsp3) is 0.500. The van der Waals surface area contributed by atoms with Gasteiger partial charge in [0.1, 0.15) is 0 Å². The van der Waals surface area contributed by atoms with E-state index in [1.807, 2.05) is 18.8 Å². The first kappa shape index (κ1) is 20.7. The quantitative estimate of drug-likeness (QED) is 0.427. The van der Waals surface area contributed by atoms with E-state index < -0.39 is 0 Å². The molecule has 0 aliphatic carbocycles. The van der Waals surface area contributed by atoms with Crippen molar-refractivity contribution in [3.8, 4) is 0 Å². The smallest absolute Gasteiger partial charge is 0.193 e. The van der Waals surface area contributed by atoms with Crippen molar-refractivity contribution in [2.45, 2.75) is 33.2 Å². The fourth-order valence-electron chi connectivity index (χ4n) is 3.71. The minimum Gasteiger partial charge on any atom is -0.352 e. The summed E-state index contributed by atoms with van der Waals surface area (Å²) in [5.41, 5.74) is 5.00. The molecule has 1 aromatic heterocycles. The van der Waals surface area contributed by atoms with Crippen LogP contribution >= 0.6 is 24.0 Å². The van der Waals surface area contributed by atoms with E-state index in [1.54, 1.807) is 0 Å². The van der Waals surface area contributed by atoms with E-state index in [9.17, 15) is 0 Å². The average molecular weight is 467 g/mol. The van der Waals surface area contributed by atoms with Gasteiger partial charge in [-0.15, -0.1) is 24.0 Å². The molecule has 1 atom stereocenters. The molecular weight excluding hydrogens is 437 g/mol. The summed E-state index contributed by atoms with van der Waals surface area (Å²) in [4.78, 5) is 6.88. The van der Waals surface area contributed by atoms with Crippen LogP contribution in [0.4, 0.5) is 0 Å². The Bertz CT molecular complexity index is 738. The lowest BCUT2D eigenvalue weighted by Crippen LogP contribution is -2.39. The molecule has 1 aromatic carbocycles. The van der Waals surface area contributed by atoms with Crippen LogP contribution in [-0.2, 0) is 20.0 Å². The lowest BCUT2D eigenvalue weighted by Gasteiger charge is -2.22. The van der Waals surface area contributed by atoms with Gasteiger partial charge >= 0.3 is 0 Å². The van der Waals surface area contributed by atoms with Gasteiger partial charge < -0.3 is 10.2 Å². The monoisotopic (exact) mass is 467 g/mol. The molecule has 2 heterocycles. The van der Waals surface area contributed by atoms with Crippen LogP contribution in [0.1, 0.15) is 28.9 Å². The highest BCUT2D eigenvalue weighted by Crippen LogP contribution is 2.21. The number of hydrogen-bond donors (Lipinski definition) is 1. The Morgan fingerprint density at radius 1 is 1.27 bits per heavy atom. The Hall–Kier alpha value is -1.57. The minimum absolute atomic E-state index is 0. The first-order valence-electron chi connectivity index (χ1n) is 9.07. The SMILES string of the molecule is CN=C(NCc1c(C)nn(C)c1C)N1CCC(Cc2ccccc2)C1.I. The van der Waals surface area contributed by atoms with Gasteiger partial charge in [-0.25, -0.2) is 0 Å². The van der Waals surface area contributed by atoms with Crippen LogP contribution in [0.5, 0.6) is 0 Å². The first-order chi connectivity index (χ1) is 12.1. The van der Waals surface area contributed by atoms with Gasteiger partial charge in [-0.1, -0.05) is 30.3 Å². The van der Waals surface area contributed by atoms with Crippen molar-refractivity contribution in [2.75, 3.05) is 20.1 Å². The van der Waals surface area contributed by atoms with E-state index >= 15 is 0 Å². The molecule has 1 unspecified atom stereocenters. The molecule has 142 valence electrons. The number of aromatic nitrogens is 2. The van der Waals surface area contributed by atoms with Gasteiger partial charge in [0.15, 0.2) is 5.96 Å². The van der Waals surface area contributed by atoms with Crippen LogP contribution in [0.25, 0.3) is 0 Å². The van der Waals surface area contributed by atoms with Gasteiger partial charge in [-0.3, -0.25) is 9.67 Å². The van der Waals surface area contributed by atoms with Crippen LogP contribution in [0, 0.1) is 19.8 Å². The Kier molecular flexibility index (Phi) is 7.49. The van der Waals surface area contributed by atoms with Crippen molar-refractivity contribution < 1.29 is 0 Å². The molecule has 3 rings (SSSR count). The molecule has 5 nitrogen and oxygen atoms in total. The molecular formula is C20H30IN5. The molecule has 0 amide bonds. The highest BCUT2D eigenvalue weighted by Gasteiger charge is 2.25. The summed E-state index contributed by atoms with van der Waals surface area (Å²) < 4.78 is 1.95. The topological polar surface area (TPSA) is 45.5 Å². The number of rotatable bonds is 4. The predicted molar refractivity (Wildman–Crippen MR) is 118 cm³/mol. The van der Waals surface area contributed by atoms with Gasteiger partial charge in [0.25, 0.3) is 0 Å². The van der Waals surface area contributed by atoms with Crippen molar-refractivity contribution in [1.82, 2.24) is 20.0 Å². The minimum atomic E-state index is 0. The number of nitrogens with one attached hydrogen (secondary N) is 1. The van der Waals surface area contributed by atoms with E-state index in [0.717, 1.165) is 37.7 Å². The summed E-state index contributed by atoms with van der Waals surface area (Å²) >= 11 is 0. The number of halogens is 1. The molecule has 0 saturated carbocycles. The van der Waals surface area contributed by atoms with Gasteiger partial charge in [0.05, 0.1) is 5.69 Å². The van der Waals surface area contributed by atoms with E-state index in [1.165, 1.54) is 23.2 Å².